The number of amides is 1. The number of carbonyl (C=O) groups excluding carboxylic acids is 1. The van der Waals surface area contributed by atoms with Crippen molar-refractivity contribution in [3.05, 3.63) is 35.9 Å². The summed E-state index contributed by atoms with van der Waals surface area (Å²) < 4.78 is 5.46. The number of hydrogen-bond acceptors (Lipinski definition) is 4. The molecule has 2 atom stereocenters. The molecule has 2 N–H and O–H groups in total. The van der Waals surface area contributed by atoms with Crippen molar-refractivity contribution in [1.82, 2.24) is 10.2 Å². The Labute approximate surface area is 138 Å². The largest absolute Gasteiger partial charge is 0.444 e. The zero-order valence-corrected chi connectivity index (χ0v) is 14.3. The number of benzene rings is 1. The fourth-order valence-corrected chi connectivity index (χ4v) is 2.79. The Morgan fingerprint density at radius 1 is 1.39 bits per heavy atom. The predicted octanol–water partition coefficient (Wildman–Crippen LogP) is 2.71. The van der Waals surface area contributed by atoms with Gasteiger partial charge in [-0.1, -0.05) is 30.3 Å². The standard InChI is InChI=1S/C18H28N2O3/c1-18(2,3)23-17(22)20-11-7-10-15(20)12-19-13-16(21)14-8-5-4-6-9-14/h4-6,8-9,15-16,19,21H,7,10-13H2,1-3H3. The van der Waals surface area contributed by atoms with E-state index < -0.39 is 11.7 Å². The lowest BCUT2D eigenvalue weighted by Gasteiger charge is -2.29. The van der Waals surface area contributed by atoms with E-state index in [1.807, 2.05) is 51.1 Å². The Balaban J connectivity index is 1.79. The second-order valence-corrected chi connectivity index (χ2v) is 7.05. The van der Waals surface area contributed by atoms with Gasteiger partial charge in [0.2, 0.25) is 0 Å². The smallest absolute Gasteiger partial charge is 0.410 e. The highest BCUT2D eigenvalue weighted by molar-refractivity contribution is 5.69. The van der Waals surface area contributed by atoms with Crippen molar-refractivity contribution in [2.24, 2.45) is 0 Å². The Morgan fingerprint density at radius 2 is 2.09 bits per heavy atom. The molecule has 1 amide bonds. The van der Waals surface area contributed by atoms with Crippen molar-refractivity contribution in [2.75, 3.05) is 19.6 Å². The molecule has 0 radical (unpaired) electrons. The molecule has 0 aliphatic carbocycles. The molecule has 2 unspecified atom stereocenters. The summed E-state index contributed by atoms with van der Waals surface area (Å²) in [4.78, 5) is 14.0. The predicted molar refractivity (Wildman–Crippen MR) is 90.2 cm³/mol. The third-order valence-corrected chi connectivity index (χ3v) is 3.91. The molecule has 23 heavy (non-hydrogen) atoms. The van der Waals surface area contributed by atoms with E-state index in [1.54, 1.807) is 4.90 Å². The Morgan fingerprint density at radius 3 is 2.74 bits per heavy atom. The molecule has 0 bridgehead atoms. The summed E-state index contributed by atoms with van der Waals surface area (Å²) in [6.07, 6.45) is 1.18. The molecule has 1 saturated heterocycles. The molecule has 5 nitrogen and oxygen atoms in total. The van der Waals surface area contributed by atoms with Crippen LogP contribution in [-0.2, 0) is 4.74 Å². The van der Waals surface area contributed by atoms with Gasteiger partial charge in [0.15, 0.2) is 0 Å². The lowest BCUT2D eigenvalue weighted by atomic mass is 10.1. The maximum absolute atomic E-state index is 12.2. The number of rotatable bonds is 5. The number of nitrogens with one attached hydrogen (secondary N) is 1. The van der Waals surface area contributed by atoms with Crippen LogP contribution >= 0.6 is 0 Å². The first-order valence-corrected chi connectivity index (χ1v) is 8.30. The molecule has 0 aromatic heterocycles. The van der Waals surface area contributed by atoms with E-state index in [4.69, 9.17) is 4.74 Å². The zero-order valence-electron chi connectivity index (χ0n) is 14.3. The molecule has 1 fully saturated rings. The van der Waals surface area contributed by atoms with Crippen LogP contribution in [0.4, 0.5) is 4.79 Å². The van der Waals surface area contributed by atoms with Crippen LogP contribution in [-0.4, -0.2) is 47.4 Å². The van der Waals surface area contributed by atoms with Gasteiger partial charge >= 0.3 is 6.09 Å². The Bertz CT molecular complexity index is 499. The van der Waals surface area contributed by atoms with Gasteiger partial charge in [-0.3, -0.25) is 0 Å². The highest BCUT2D eigenvalue weighted by Gasteiger charge is 2.31. The minimum Gasteiger partial charge on any atom is -0.444 e. The van der Waals surface area contributed by atoms with Gasteiger partial charge in [-0.05, 0) is 39.2 Å². The van der Waals surface area contributed by atoms with Crippen LogP contribution in [0.1, 0.15) is 45.3 Å². The third kappa shape index (κ3) is 5.52. The lowest BCUT2D eigenvalue weighted by Crippen LogP contribution is -2.44. The van der Waals surface area contributed by atoms with Gasteiger partial charge in [0, 0.05) is 25.7 Å². The summed E-state index contributed by atoms with van der Waals surface area (Å²) in [6.45, 7) is 7.52. The van der Waals surface area contributed by atoms with Gasteiger partial charge in [-0.15, -0.1) is 0 Å². The molecule has 1 heterocycles. The Hall–Kier alpha value is -1.59. The number of likely N-dealkylation sites (tertiary alicyclic amines) is 1. The minimum absolute atomic E-state index is 0.132. The molecule has 2 rings (SSSR count). The van der Waals surface area contributed by atoms with Crippen LogP contribution in [0.15, 0.2) is 30.3 Å². The van der Waals surface area contributed by atoms with Gasteiger partial charge in [0.25, 0.3) is 0 Å². The van der Waals surface area contributed by atoms with E-state index in [0.717, 1.165) is 24.9 Å². The third-order valence-electron chi connectivity index (χ3n) is 3.91. The van der Waals surface area contributed by atoms with Gasteiger partial charge in [-0.2, -0.15) is 0 Å². The van der Waals surface area contributed by atoms with E-state index in [0.29, 0.717) is 13.1 Å². The maximum Gasteiger partial charge on any atom is 0.410 e. The molecule has 1 aromatic rings. The Kier molecular flexibility index (Phi) is 6.02. The number of ether oxygens (including phenoxy) is 1. The molecule has 128 valence electrons. The van der Waals surface area contributed by atoms with Crippen molar-refractivity contribution < 1.29 is 14.6 Å². The fraction of sp³-hybridized carbons (Fsp3) is 0.611. The van der Waals surface area contributed by atoms with E-state index in [2.05, 4.69) is 5.32 Å². The topological polar surface area (TPSA) is 61.8 Å². The van der Waals surface area contributed by atoms with Crippen molar-refractivity contribution in [2.45, 2.75) is 51.4 Å². The van der Waals surface area contributed by atoms with E-state index in [1.165, 1.54) is 0 Å². The number of carbonyl (C=O) groups is 1. The van der Waals surface area contributed by atoms with Gasteiger partial charge in [-0.25, -0.2) is 4.79 Å². The van der Waals surface area contributed by atoms with E-state index in [9.17, 15) is 9.90 Å². The van der Waals surface area contributed by atoms with Gasteiger partial charge < -0.3 is 20.1 Å². The van der Waals surface area contributed by atoms with Crippen molar-refractivity contribution >= 4 is 6.09 Å². The van der Waals surface area contributed by atoms with Crippen LogP contribution in [0.25, 0.3) is 0 Å². The molecule has 0 spiro atoms. The first-order chi connectivity index (χ1) is 10.9. The van der Waals surface area contributed by atoms with E-state index >= 15 is 0 Å². The van der Waals surface area contributed by atoms with Crippen LogP contribution in [0, 0.1) is 0 Å². The summed E-state index contributed by atoms with van der Waals surface area (Å²) in [5.74, 6) is 0. The number of hydrogen-bond donors (Lipinski definition) is 2. The average Bonchev–Trinajstić information content (AvgIpc) is 2.95. The average molecular weight is 320 g/mol. The van der Waals surface area contributed by atoms with Gasteiger partial charge in [0.1, 0.15) is 5.60 Å². The summed E-state index contributed by atoms with van der Waals surface area (Å²) in [5, 5.41) is 13.4. The summed E-state index contributed by atoms with van der Waals surface area (Å²) in [5.41, 5.74) is 0.427. The fourth-order valence-electron chi connectivity index (χ4n) is 2.79. The quantitative estimate of drug-likeness (QED) is 0.876. The monoisotopic (exact) mass is 320 g/mol. The van der Waals surface area contributed by atoms with Gasteiger partial charge in [0.05, 0.1) is 6.10 Å². The number of aliphatic hydroxyl groups is 1. The van der Waals surface area contributed by atoms with Crippen LogP contribution < -0.4 is 5.32 Å². The number of nitrogens with zero attached hydrogens (tertiary/aromatic N) is 1. The normalized spacial score (nSPS) is 19.7. The maximum atomic E-state index is 12.2. The van der Waals surface area contributed by atoms with Crippen molar-refractivity contribution in [3.63, 3.8) is 0 Å². The molecule has 1 aromatic carbocycles. The van der Waals surface area contributed by atoms with Crippen molar-refractivity contribution in [3.8, 4) is 0 Å². The van der Waals surface area contributed by atoms with E-state index in [-0.39, 0.29) is 12.1 Å². The molecule has 1 aliphatic heterocycles. The summed E-state index contributed by atoms with van der Waals surface area (Å²) in [7, 11) is 0. The lowest BCUT2D eigenvalue weighted by molar-refractivity contribution is 0.0225. The summed E-state index contributed by atoms with van der Waals surface area (Å²) in [6, 6.07) is 9.72. The highest BCUT2D eigenvalue weighted by atomic mass is 16.6. The first kappa shape index (κ1) is 17.8. The second kappa shape index (κ2) is 7.79. The molecule has 1 aliphatic rings. The van der Waals surface area contributed by atoms with Crippen LogP contribution in [0.3, 0.4) is 0 Å². The zero-order chi connectivity index (χ0) is 16.9. The first-order valence-electron chi connectivity index (χ1n) is 8.30. The second-order valence-electron chi connectivity index (χ2n) is 7.05. The SMILES string of the molecule is CC(C)(C)OC(=O)N1CCCC1CNCC(O)c1ccccc1. The molecule has 0 saturated carbocycles. The molecule has 5 heteroatoms. The summed E-state index contributed by atoms with van der Waals surface area (Å²) >= 11 is 0. The van der Waals surface area contributed by atoms with Crippen LogP contribution in [0.2, 0.25) is 0 Å². The molecular weight excluding hydrogens is 292 g/mol. The van der Waals surface area contributed by atoms with Crippen molar-refractivity contribution in [1.29, 1.82) is 0 Å². The minimum atomic E-state index is -0.535. The molecular formula is C18H28N2O3. The number of aliphatic hydroxyl groups excluding tert-OH is 1. The highest BCUT2D eigenvalue weighted by Crippen LogP contribution is 2.20. The van der Waals surface area contributed by atoms with Crippen LogP contribution in [0.5, 0.6) is 0 Å².